The van der Waals surface area contributed by atoms with Crippen LogP contribution in [0.25, 0.3) is 0 Å². The molecule has 19 heavy (non-hydrogen) atoms. The first kappa shape index (κ1) is 16.6. The molecule has 2 N–H and O–H groups in total. The molecule has 1 aromatic heterocycles. The fourth-order valence-electron chi connectivity index (χ4n) is 2.01. The Morgan fingerprint density at radius 3 is 2.63 bits per heavy atom. The van der Waals surface area contributed by atoms with E-state index < -0.39 is 0 Å². The summed E-state index contributed by atoms with van der Waals surface area (Å²) in [6.45, 7) is 11.9. The van der Waals surface area contributed by atoms with E-state index in [1.54, 1.807) is 0 Å². The van der Waals surface area contributed by atoms with Crippen LogP contribution in [0.3, 0.4) is 0 Å². The quantitative estimate of drug-likeness (QED) is 0.771. The summed E-state index contributed by atoms with van der Waals surface area (Å²) in [5.74, 6) is 0.229. The minimum absolute atomic E-state index is 0.229. The Kier molecular flexibility index (Phi) is 6.42. The zero-order chi connectivity index (χ0) is 14.6. The highest BCUT2D eigenvalue weighted by molar-refractivity contribution is 9.10. The van der Waals surface area contributed by atoms with Crippen molar-refractivity contribution in [3.05, 3.63) is 15.9 Å². The van der Waals surface area contributed by atoms with E-state index in [2.05, 4.69) is 46.7 Å². The molecule has 1 heterocycles. The standard InChI is InChI=1S/C13H23BrN4S/c1-5-17(7-9(3)13(15)19)8-11-12(14)10(4)16-18(11)6-2/h9H,5-8H2,1-4H3,(H2,15,19). The molecule has 0 aliphatic heterocycles. The van der Waals surface area contributed by atoms with Gasteiger partial charge in [-0.2, -0.15) is 5.10 Å². The second kappa shape index (κ2) is 7.36. The van der Waals surface area contributed by atoms with Gasteiger partial charge in [-0.25, -0.2) is 0 Å². The maximum atomic E-state index is 5.70. The van der Waals surface area contributed by atoms with Gasteiger partial charge in [0.2, 0.25) is 0 Å². The Bertz CT molecular complexity index is 444. The van der Waals surface area contributed by atoms with E-state index in [4.69, 9.17) is 18.0 Å². The molecule has 1 aromatic rings. The molecular weight excluding hydrogens is 324 g/mol. The summed E-state index contributed by atoms with van der Waals surface area (Å²) in [7, 11) is 0. The summed E-state index contributed by atoms with van der Waals surface area (Å²) in [6.07, 6.45) is 0. The highest BCUT2D eigenvalue weighted by Crippen LogP contribution is 2.22. The first-order valence-corrected chi connectivity index (χ1v) is 7.84. The molecule has 1 unspecified atom stereocenters. The SMILES string of the molecule is CCN(Cc1c(Br)c(C)nn1CC)CC(C)C(N)=S. The highest BCUT2D eigenvalue weighted by atomic mass is 79.9. The summed E-state index contributed by atoms with van der Waals surface area (Å²) < 4.78 is 3.16. The van der Waals surface area contributed by atoms with Crippen molar-refractivity contribution in [1.82, 2.24) is 14.7 Å². The van der Waals surface area contributed by atoms with Crippen molar-refractivity contribution in [1.29, 1.82) is 0 Å². The monoisotopic (exact) mass is 346 g/mol. The molecule has 0 saturated carbocycles. The summed E-state index contributed by atoms with van der Waals surface area (Å²) in [5, 5.41) is 4.52. The topological polar surface area (TPSA) is 47.1 Å². The van der Waals surface area contributed by atoms with Crippen LogP contribution in [0.15, 0.2) is 4.47 Å². The normalized spacial score (nSPS) is 12.9. The van der Waals surface area contributed by atoms with Gasteiger partial charge in [0.15, 0.2) is 0 Å². The molecule has 1 rings (SSSR count). The highest BCUT2D eigenvalue weighted by Gasteiger charge is 2.17. The van der Waals surface area contributed by atoms with Crippen LogP contribution in [0.1, 0.15) is 32.2 Å². The van der Waals surface area contributed by atoms with Crippen LogP contribution in [-0.4, -0.2) is 32.8 Å². The van der Waals surface area contributed by atoms with Crippen molar-refractivity contribution in [2.24, 2.45) is 11.7 Å². The zero-order valence-electron chi connectivity index (χ0n) is 12.1. The van der Waals surface area contributed by atoms with Gasteiger partial charge in [-0.3, -0.25) is 9.58 Å². The van der Waals surface area contributed by atoms with Crippen LogP contribution >= 0.6 is 28.1 Å². The second-order valence-corrected chi connectivity index (χ2v) is 6.06. The van der Waals surface area contributed by atoms with Crippen molar-refractivity contribution in [3.63, 3.8) is 0 Å². The number of aryl methyl sites for hydroxylation is 2. The van der Waals surface area contributed by atoms with Crippen LogP contribution in [0.4, 0.5) is 0 Å². The number of nitrogens with zero attached hydrogens (tertiary/aromatic N) is 3. The number of halogens is 1. The molecule has 108 valence electrons. The van der Waals surface area contributed by atoms with E-state index in [0.717, 1.165) is 36.3 Å². The van der Waals surface area contributed by atoms with Crippen molar-refractivity contribution in [3.8, 4) is 0 Å². The molecule has 6 heteroatoms. The van der Waals surface area contributed by atoms with Gasteiger partial charge in [-0.1, -0.05) is 26.1 Å². The van der Waals surface area contributed by atoms with Gasteiger partial charge < -0.3 is 5.73 Å². The molecule has 0 amide bonds. The number of aromatic nitrogens is 2. The van der Waals surface area contributed by atoms with Crippen molar-refractivity contribution >= 4 is 33.1 Å². The number of hydrogen-bond donors (Lipinski definition) is 1. The van der Waals surface area contributed by atoms with Gasteiger partial charge in [0, 0.05) is 25.6 Å². The number of hydrogen-bond acceptors (Lipinski definition) is 3. The molecule has 0 fully saturated rings. The largest absolute Gasteiger partial charge is 0.393 e. The molecule has 0 saturated heterocycles. The van der Waals surface area contributed by atoms with Crippen LogP contribution in [-0.2, 0) is 13.1 Å². The average Bonchev–Trinajstić information content (AvgIpc) is 2.64. The molecule has 1 atom stereocenters. The van der Waals surface area contributed by atoms with Crippen molar-refractivity contribution in [2.75, 3.05) is 13.1 Å². The number of nitrogens with two attached hydrogens (primary N) is 1. The van der Waals surface area contributed by atoms with Gasteiger partial charge >= 0.3 is 0 Å². The van der Waals surface area contributed by atoms with Crippen LogP contribution in [0, 0.1) is 12.8 Å². The molecule has 0 spiro atoms. The van der Waals surface area contributed by atoms with E-state index in [1.165, 1.54) is 5.69 Å². The van der Waals surface area contributed by atoms with E-state index in [-0.39, 0.29) is 5.92 Å². The summed E-state index contributed by atoms with van der Waals surface area (Å²) in [4.78, 5) is 2.93. The van der Waals surface area contributed by atoms with E-state index in [9.17, 15) is 0 Å². The third-order valence-electron chi connectivity index (χ3n) is 3.29. The first-order chi connectivity index (χ1) is 8.90. The van der Waals surface area contributed by atoms with E-state index in [1.807, 2.05) is 11.6 Å². The first-order valence-electron chi connectivity index (χ1n) is 6.64. The fraction of sp³-hybridized carbons (Fsp3) is 0.692. The second-order valence-electron chi connectivity index (χ2n) is 4.79. The van der Waals surface area contributed by atoms with Gasteiger partial charge in [0.25, 0.3) is 0 Å². The zero-order valence-corrected chi connectivity index (χ0v) is 14.5. The van der Waals surface area contributed by atoms with Gasteiger partial charge in [-0.15, -0.1) is 0 Å². The Morgan fingerprint density at radius 1 is 1.53 bits per heavy atom. The Balaban J connectivity index is 2.84. The molecule has 0 aromatic carbocycles. The lowest BCUT2D eigenvalue weighted by molar-refractivity contribution is 0.255. The predicted molar refractivity (Wildman–Crippen MR) is 87.2 cm³/mol. The minimum atomic E-state index is 0.229. The fourth-order valence-corrected chi connectivity index (χ4v) is 2.50. The molecular formula is C13H23BrN4S. The van der Waals surface area contributed by atoms with Crippen LogP contribution in [0.2, 0.25) is 0 Å². The van der Waals surface area contributed by atoms with Gasteiger partial charge in [0.05, 0.1) is 20.8 Å². The van der Waals surface area contributed by atoms with E-state index >= 15 is 0 Å². The average molecular weight is 347 g/mol. The maximum Gasteiger partial charge on any atom is 0.0768 e. The molecule has 0 radical (unpaired) electrons. The smallest absolute Gasteiger partial charge is 0.0768 e. The third-order valence-corrected chi connectivity index (χ3v) is 4.73. The third kappa shape index (κ3) is 4.26. The predicted octanol–water partition coefficient (Wildman–Crippen LogP) is 2.72. The van der Waals surface area contributed by atoms with Gasteiger partial charge in [-0.05, 0) is 36.3 Å². The maximum absolute atomic E-state index is 5.70. The van der Waals surface area contributed by atoms with Crippen LogP contribution < -0.4 is 5.73 Å². The Morgan fingerprint density at radius 2 is 2.16 bits per heavy atom. The summed E-state index contributed by atoms with van der Waals surface area (Å²) in [6, 6.07) is 0. The summed E-state index contributed by atoms with van der Waals surface area (Å²) in [5.41, 5.74) is 7.96. The Hall–Kier alpha value is -0.460. The molecule has 4 nitrogen and oxygen atoms in total. The summed E-state index contributed by atoms with van der Waals surface area (Å²) >= 11 is 8.69. The number of rotatable bonds is 7. The van der Waals surface area contributed by atoms with Crippen LogP contribution in [0.5, 0.6) is 0 Å². The lowest BCUT2D eigenvalue weighted by Gasteiger charge is -2.24. The Labute approximate surface area is 129 Å². The van der Waals surface area contributed by atoms with Crippen molar-refractivity contribution in [2.45, 2.75) is 40.8 Å². The number of thiocarbonyl (C=S) groups is 1. The lowest BCUT2D eigenvalue weighted by Crippen LogP contribution is -2.34. The molecule has 0 aliphatic rings. The van der Waals surface area contributed by atoms with Gasteiger partial charge in [0.1, 0.15) is 0 Å². The molecule has 0 bridgehead atoms. The molecule has 0 aliphatic carbocycles. The van der Waals surface area contributed by atoms with E-state index in [0.29, 0.717) is 4.99 Å². The lowest BCUT2D eigenvalue weighted by atomic mass is 10.1. The van der Waals surface area contributed by atoms with Crippen molar-refractivity contribution < 1.29 is 0 Å². The minimum Gasteiger partial charge on any atom is -0.393 e.